The van der Waals surface area contributed by atoms with E-state index >= 15 is 0 Å². The Morgan fingerprint density at radius 2 is 2.23 bits per heavy atom. The Hall–Kier alpha value is -1.46. The summed E-state index contributed by atoms with van der Waals surface area (Å²) in [6.07, 6.45) is 2.58. The van der Waals surface area contributed by atoms with E-state index in [1.807, 2.05) is 12.1 Å². The van der Waals surface area contributed by atoms with Crippen LogP contribution in [0.2, 0.25) is 5.02 Å². The number of rotatable bonds is 6. The van der Waals surface area contributed by atoms with Gasteiger partial charge in [0.15, 0.2) is 0 Å². The van der Waals surface area contributed by atoms with Crippen molar-refractivity contribution in [2.24, 2.45) is 5.92 Å². The lowest BCUT2D eigenvalue weighted by atomic mass is 10.1. The minimum absolute atomic E-state index is 0.151. The van der Waals surface area contributed by atoms with Crippen LogP contribution >= 0.6 is 11.6 Å². The van der Waals surface area contributed by atoms with Crippen molar-refractivity contribution in [3.05, 3.63) is 29.3 Å². The zero-order valence-corrected chi connectivity index (χ0v) is 13.6. The summed E-state index contributed by atoms with van der Waals surface area (Å²) in [6.45, 7) is 1.34. The summed E-state index contributed by atoms with van der Waals surface area (Å²) >= 11 is 5.98. The number of ether oxygens (including phenoxy) is 1. The number of halogens is 1. The van der Waals surface area contributed by atoms with E-state index < -0.39 is 0 Å². The maximum Gasteiger partial charge on any atom is 0.317 e. The molecule has 2 N–H and O–H groups in total. The first-order valence-electron chi connectivity index (χ1n) is 7.62. The zero-order valence-electron chi connectivity index (χ0n) is 12.8. The number of aliphatic hydroxyl groups excluding tert-OH is 1. The number of urea groups is 1. The minimum Gasteiger partial charge on any atom is -0.490 e. The molecule has 0 unspecified atom stereocenters. The molecule has 0 aliphatic heterocycles. The van der Waals surface area contributed by atoms with Crippen molar-refractivity contribution < 1.29 is 14.6 Å². The number of hydrogen-bond acceptors (Lipinski definition) is 3. The SMILES string of the molecule is CN(C[C@@H]1CCC[C@@H]1O)C(=O)NCCOc1ccccc1Cl. The van der Waals surface area contributed by atoms with Crippen LogP contribution in [0.4, 0.5) is 4.79 Å². The van der Waals surface area contributed by atoms with Crippen LogP contribution in [0.1, 0.15) is 19.3 Å². The largest absolute Gasteiger partial charge is 0.490 e. The van der Waals surface area contributed by atoms with Gasteiger partial charge in [-0.3, -0.25) is 0 Å². The number of carbonyl (C=O) groups is 1. The van der Waals surface area contributed by atoms with Gasteiger partial charge in [0, 0.05) is 19.5 Å². The second-order valence-electron chi connectivity index (χ2n) is 5.65. The lowest BCUT2D eigenvalue weighted by Crippen LogP contribution is -2.42. The first kappa shape index (κ1) is 16.9. The van der Waals surface area contributed by atoms with Crippen molar-refractivity contribution in [1.29, 1.82) is 0 Å². The van der Waals surface area contributed by atoms with Crippen LogP contribution in [-0.4, -0.2) is 48.9 Å². The Kier molecular flexibility index (Phi) is 6.34. The normalized spacial score (nSPS) is 20.7. The Balaban J connectivity index is 1.66. The van der Waals surface area contributed by atoms with Gasteiger partial charge in [-0.15, -0.1) is 0 Å². The van der Waals surface area contributed by atoms with Gasteiger partial charge in [-0.25, -0.2) is 4.79 Å². The number of aliphatic hydroxyl groups is 1. The second-order valence-corrected chi connectivity index (χ2v) is 6.06. The van der Waals surface area contributed by atoms with E-state index in [1.165, 1.54) is 0 Å². The summed E-state index contributed by atoms with van der Waals surface area (Å²) in [4.78, 5) is 13.6. The third-order valence-corrected chi connectivity index (χ3v) is 4.26. The van der Waals surface area contributed by atoms with E-state index in [-0.39, 0.29) is 18.1 Å². The Morgan fingerprint density at radius 3 is 2.91 bits per heavy atom. The fourth-order valence-corrected chi connectivity index (χ4v) is 2.87. The van der Waals surface area contributed by atoms with Gasteiger partial charge in [0.2, 0.25) is 0 Å². The van der Waals surface area contributed by atoms with Gasteiger partial charge in [0.1, 0.15) is 12.4 Å². The summed E-state index contributed by atoms with van der Waals surface area (Å²) in [5, 5.41) is 13.1. The van der Waals surface area contributed by atoms with Gasteiger partial charge >= 0.3 is 6.03 Å². The van der Waals surface area contributed by atoms with Crippen LogP contribution in [0.3, 0.4) is 0 Å². The van der Waals surface area contributed by atoms with E-state index in [9.17, 15) is 9.90 Å². The zero-order chi connectivity index (χ0) is 15.9. The molecule has 122 valence electrons. The summed E-state index contributed by atoms with van der Waals surface area (Å²) in [5.41, 5.74) is 0. The predicted molar refractivity (Wildman–Crippen MR) is 86.3 cm³/mol. The van der Waals surface area contributed by atoms with Crippen LogP contribution in [-0.2, 0) is 0 Å². The molecule has 22 heavy (non-hydrogen) atoms. The molecule has 1 saturated carbocycles. The van der Waals surface area contributed by atoms with Crippen molar-refractivity contribution in [2.45, 2.75) is 25.4 Å². The summed E-state index contributed by atoms with van der Waals surface area (Å²) in [5.74, 6) is 0.802. The third-order valence-electron chi connectivity index (χ3n) is 3.95. The van der Waals surface area contributed by atoms with Gasteiger partial charge in [-0.2, -0.15) is 0 Å². The van der Waals surface area contributed by atoms with Gasteiger partial charge in [0.05, 0.1) is 17.7 Å². The Morgan fingerprint density at radius 1 is 1.45 bits per heavy atom. The predicted octanol–water partition coefficient (Wildman–Crippen LogP) is 2.52. The molecular weight excluding hydrogens is 304 g/mol. The number of nitrogens with zero attached hydrogens (tertiary/aromatic N) is 1. The van der Waals surface area contributed by atoms with Crippen LogP contribution in [0.25, 0.3) is 0 Å². The highest BCUT2D eigenvalue weighted by atomic mass is 35.5. The molecule has 0 radical (unpaired) electrons. The van der Waals surface area contributed by atoms with E-state index in [0.29, 0.717) is 30.5 Å². The van der Waals surface area contributed by atoms with Crippen molar-refractivity contribution in [1.82, 2.24) is 10.2 Å². The molecule has 2 atom stereocenters. The number of benzene rings is 1. The molecular formula is C16H23ClN2O3. The smallest absolute Gasteiger partial charge is 0.317 e. The standard InChI is InChI=1S/C16H23ClN2O3/c1-19(11-12-5-4-7-14(12)20)16(21)18-9-10-22-15-8-3-2-6-13(15)17/h2-3,6,8,12,14,20H,4-5,7,9-11H2,1H3,(H,18,21)/t12-,14-/m0/s1. The molecule has 2 amide bonds. The monoisotopic (exact) mass is 326 g/mol. The lowest BCUT2D eigenvalue weighted by molar-refractivity contribution is 0.113. The second kappa shape index (κ2) is 8.25. The highest BCUT2D eigenvalue weighted by molar-refractivity contribution is 6.32. The number of carbonyl (C=O) groups excluding carboxylic acids is 1. The number of nitrogens with one attached hydrogen (secondary N) is 1. The quantitative estimate of drug-likeness (QED) is 0.790. The van der Waals surface area contributed by atoms with Crippen molar-refractivity contribution in [3.63, 3.8) is 0 Å². The Labute approximate surface area is 136 Å². The van der Waals surface area contributed by atoms with Gasteiger partial charge in [-0.1, -0.05) is 30.2 Å². The molecule has 0 bridgehead atoms. The van der Waals surface area contributed by atoms with Crippen LogP contribution in [0.15, 0.2) is 24.3 Å². The van der Waals surface area contributed by atoms with Crippen molar-refractivity contribution in [2.75, 3.05) is 26.7 Å². The molecule has 5 nitrogen and oxygen atoms in total. The molecule has 1 fully saturated rings. The fourth-order valence-electron chi connectivity index (χ4n) is 2.68. The van der Waals surface area contributed by atoms with Crippen molar-refractivity contribution >= 4 is 17.6 Å². The summed E-state index contributed by atoms with van der Waals surface area (Å²) in [6, 6.07) is 7.08. The minimum atomic E-state index is -0.279. The van der Waals surface area contributed by atoms with E-state index in [0.717, 1.165) is 19.3 Å². The molecule has 0 spiro atoms. The number of para-hydroxylation sites is 1. The average molecular weight is 327 g/mol. The number of hydrogen-bond donors (Lipinski definition) is 2. The molecule has 0 heterocycles. The van der Waals surface area contributed by atoms with Crippen molar-refractivity contribution in [3.8, 4) is 5.75 Å². The van der Waals surface area contributed by atoms with E-state index in [2.05, 4.69) is 5.32 Å². The molecule has 0 aromatic heterocycles. The van der Waals surface area contributed by atoms with E-state index in [1.54, 1.807) is 24.1 Å². The van der Waals surface area contributed by atoms with Crippen LogP contribution in [0, 0.1) is 5.92 Å². The van der Waals surface area contributed by atoms with Crippen LogP contribution < -0.4 is 10.1 Å². The highest BCUT2D eigenvalue weighted by Crippen LogP contribution is 2.26. The molecule has 1 aromatic carbocycles. The number of amides is 2. The fraction of sp³-hybridized carbons (Fsp3) is 0.562. The maximum absolute atomic E-state index is 12.0. The molecule has 2 rings (SSSR count). The van der Waals surface area contributed by atoms with Gasteiger partial charge < -0.3 is 20.1 Å². The van der Waals surface area contributed by atoms with Gasteiger partial charge in [-0.05, 0) is 25.0 Å². The first-order chi connectivity index (χ1) is 10.6. The molecule has 6 heteroatoms. The maximum atomic E-state index is 12.0. The highest BCUT2D eigenvalue weighted by Gasteiger charge is 2.27. The Bertz CT molecular complexity index is 498. The topological polar surface area (TPSA) is 61.8 Å². The average Bonchev–Trinajstić information content (AvgIpc) is 2.90. The first-order valence-corrected chi connectivity index (χ1v) is 8.00. The molecule has 1 aliphatic carbocycles. The summed E-state index contributed by atoms with van der Waals surface area (Å²) < 4.78 is 5.51. The molecule has 0 saturated heterocycles. The molecule has 1 aromatic rings. The van der Waals surface area contributed by atoms with Gasteiger partial charge in [0.25, 0.3) is 0 Å². The lowest BCUT2D eigenvalue weighted by Gasteiger charge is -2.23. The van der Waals surface area contributed by atoms with Crippen LogP contribution in [0.5, 0.6) is 5.75 Å². The third kappa shape index (κ3) is 4.78. The van der Waals surface area contributed by atoms with E-state index in [4.69, 9.17) is 16.3 Å². The summed E-state index contributed by atoms with van der Waals surface area (Å²) in [7, 11) is 1.75. The molecule has 1 aliphatic rings.